The number of hydrogen-bond acceptors (Lipinski definition) is 4. The van der Waals surface area contributed by atoms with Gasteiger partial charge in [0.25, 0.3) is 0 Å². The summed E-state index contributed by atoms with van der Waals surface area (Å²) in [5.74, 6) is 2.96. The van der Waals surface area contributed by atoms with Crippen LogP contribution in [-0.4, -0.2) is 33.0 Å². The van der Waals surface area contributed by atoms with Crippen LogP contribution in [0.1, 0.15) is 32.5 Å². The van der Waals surface area contributed by atoms with Crippen molar-refractivity contribution >= 4 is 27.7 Å². The van der Waals surface area contributed by atoms with E-state index in [2.05, 4.69) is 52.3 Å². The monoisotopic (exact) mass is 320 g/mol. The first-order valence-electron chi connectivity index (χ1n) is 5.92. The third-order valence-corrected chi connectivity index (χ3v) is 4.38. The lowest BCUT2D eigenvalue weighted by atomic mass is 10.2. The summed E-state index contributed by atoms with van der Waals surface area (Å²) in [4.78, 5) is 0. The Bertz CT molecular complexity index is 321. The van der Waals surface area contributed by atoms with E-state index in [-0.39, 0.29) is 0 Å². The van der Waals surface area contributed by atoms with Crippen molar-refractivity contribution in [2.45, 2.75) is 26.8 Å². The van der Waals surface area contributed by atoms with E-state index < -0.39 is 0 Å². The first kappa shape index (κ1) is 15.0. The third kappa shape index (κ3) is 4.60. The van der Waals surface area contributed by atoms with Gasteiger partial charge in [0.1, 0.15) is 0 Å². The average Bonchev–Trinajstić information content (AvgIpc) is 2.57. The molecule has 17 heavy (non-hydrogen) atoms. The van der Waals surface area contributed by atoms with Crippen LogP contribution in [0.25, 0.3) is 0 Å². The lowest BCUT2D eigenvalue weighted by Gasteiger charge is -2.18. The number of nitrogens with one attached hydrogen (secondary N) is 1. The van der Waals surface area contributed by atoms with Crippen LogP contribution in [0, 0.1) is 5.92 Å². The Labute approximate surface area is 116 Å². The first-order chi connectivity index (χ1) is 8.06. The van der Waals surface area contributed by atoms with E-state index in [0.29, 0.717) is 6.04 Å². The lowest BCUT2D eigenvalue weighted by molar-refractivity contribution is 0.547. The van der Waals surface area contributed by atoms with Crippen LogP contribution >= 0.6 is 27.7 Å². The summed E-state index contributed by atoms with van der Waals surface area (Å²) in [6.45, 7) is 7.57. The van der Waals surface area contributed by atoms with Crippen molar-refractivity contribution in [1.29, 1.82) is 0 Å². The van der Waals surface area contributed by atoms with Crippen molar-refractivity contribution in [3.8, 4) is 0 Å². The first-order valence-corrected chi connectivity index (χ1v) is 7.87. The molecule has 0 amide bonds. The summed E-state index contributed by atoms with van der Waals surface area (Å²) in [6.07, 6.45) is 0. The summed E-state index contributed by atoms with van der Waals surface area (Å²) in [6, 6.07) is 0.304. The highest BCUT2D eigenvalue weighted by Gasteiger charge is 2.19. The minimum Gasteiger partial charge on any atom is -0.308 e. The van der Waals surface area contributed by atoms with Gasteiger partial charge in [0.05, 0.1) is 11.7 Å². The van der Waals surface area contributed by atoms with Crippen molar-refractivity contribution in [3.63, 3.8) is 0 Å². The molecule has 6 heteroatoms. The van der Waals surface area contributed by atoms with Gasteiger partial charge in [-0.25, -0.2) is 4.68 Å². The van der Waals surface area contributed by atoms with Crippen LogP contribution < -0.4 is 5.32 Å². The van der Waals surface area contributed by atoms with E-state index in [9.17, 15) is 0 Å². The number of hydrogen-bond donors (Lipinski definition) is 1. The normalized spacial score (nSPS) is 13.3. The Kier molecular flexibility index (Phi) is 6.51. The van der Waals surface area contributed by atoms with E-state index in [4.69, 9.17) is 0 Å². The minimum absolute atomic E-state index is 0.304. The number of thioether (sulfide) groups is 1. The summed E-state index contributed by atoms with van der Waals surface area (Å²) in [7, 11) is 1.94. The van der Waals surface area contributed by atoms with Crippen LogP contribution in [0.4, 0.5) is 0 Å². The van der Waals surface area contributed by atoms with Crippen LogP contribution in [0.5, 0.6) is 0 Å². The van der Waals surface area contributed by atoms with E-state index >= 15 is 0 Å². The molecule has 0 aliphatic heterocycles. The Morgan fingerprint density at radius 2 is 2.12 bits per heavy atom. The molecule has 1 unspecified atom stereocenters. The molecule has 1 rings (SSSR count). The fourth-order valence-corrected chi connectivity index (χ4v) is 3.33. The van der Waals surface area contributed by atoms with Gasteiger partial charge in [0.2, 0.25) is 0 Å². The molecule has 1 atom stereocenters. The van der Waals surface area contributed by atoms with Gasteiger partial charge in [0, 0.05) is 12.8 Å². The second kappa shape index (κ2) is 7.38. The van der Waals surface area contributed by atoms with Crippen molar-refractivity contribution in [2.75, 3.05) is 18.1 Å². The summed E-state index contributed by atoms with van der Waals surface area (Å²) < 4.78 is 2.68. The van der Waals surface area contributed by atoms with Crippen molar-refractivity contribution in [2.24, 2.45) is 13.0 Å². The molecule has 0 aliphatic carbocycles. The topological polar surface area (TPSA) is 42.7 Å². The number of nitrogens with zero attached hydrogens (tertiary/aromatic N) is 3. The van der Waals surface area contributed by atoms with Gasteiger partial charge in [-0.15, -0.1) is 5.10 Å². The van der Waals surface area contributed by atoms with Crippen molar-refractivity contribution in [1.82, 2.24) is 20.3 Å². The largest absolute Gasteiger partial charge is 0.308 e. The average molecular weight is 321 g/mol. The van der Waals surface area contributed by atoms with Crippen LogP contribution in [0.15, 0.2) is 4.60 Å². The predicted octanol–water partition coefficient (Wildman–Crippen LogP) is 2.62. The lowest BCUT2D eigenvalue weighted by Crippen LogP contribution is -2.25. The maximum atomic E-state index is 4.04. The zero-order valence-corrected chi connectivity index (χ0v) is 13.3. The quantitative estimate of drug-likeness (QED) is 0.838. The molecule has 0 saturated carbocycles. The van der Waals surface area contributed by atoms with E-state index in [1.165, 1.54) is 5.75 Å². The fourth-order valence-electron chi connectivity index (χ4n) is 1.61. The molecular formula is C11H21BrN4S. The Morgan fingerprint density at radius 3 is 2.59 bits per heavy atom. The number of aromatic nitrogens is 3. The summed E-state index contributed by atoms with van der Waals surface area (Å²) in [5.41, 5.74) is 1.13. The molecule has 0 saturated heterocycles. The molecule has 1 aromatic rings. The van der Waals surface area contributed by atoms with E-state index in [0.717, 1.165) is 28.5 Å². The fraction of sp³-hybridized carbons (Fsp3) is 0.818. The molecule has 98 valence electrons. The molecule has 0 radical (unpaired) electrons. The molecule has 0 aromatic carbocycles. The van der Waals surface area contributed by atoms with Gasteiger partial charge in [-0.2, -0.15) is 11.8 Å². The highest BCUT2D eigenvalue weighted by Crippen LogP contribution is 2.24. The van der Waals surface area contributed by atoms with Gasteiger partial charge in [0.15, 0.2) is 4.60 Å². The third-order valence-electron chi connectivity index (χ3n) is 2.34. The highest BCUT2D eigenvalue weighted by atomic mass is 79.9. The molecule has 1 N–H and O–H groups in total. The SMILES string of the molecule is CCNC(CSCC(C)C)c1c(Br)nnn1C. The maximum absolute atomic E-state index is 4.04. The minimum atomic E-state index is 0.304. The Balaban J connectivity index is 2.65. The molecule has 4 nitrogen and oxygen atoms in total. The second-order valence-corrected chi connectivity index (χ2v) is 6.26. The standard InChI is InChI=1S/C11H21BrN4S/c1-5-13-9(7-17-6-8(2)3)10-11(12)14-15-16(10)4/h8-9,13H,5-7H2,1-4H3. The van der Waals surface area contributed by atoms with Crippen LogP contribution in [0.3, 0.4) is 0 Å². The molecule has 0 spiro atoms. The van der Waals surface area contributed by atoms with E-state index in [1.807, 2.05) is 23.5 Å². The number of aryl methyl sites for hydroxylation is 1. The Hall–Kier alpha value is -0.0700. The van der Waals surface area contributed by atoms with Gasteiger partial charge < -0.3 is 5.32 Å². The zero-order chi connectivity index (χ0) is 12.8. The van der Waals surface area contributed by atoms with Gasteiger partial charge in [-0.3, -0.25) is 0 Å². The Morgan fingerprint density at radius 1 is 1.41 bits per heavy atom. The molecule has 1 aromatic heterocycles. The highest BCUT2D eigenvalue weighted by molar-refractivity contribution is 9.10. The van der Waals surface area contributed by atoms with Gasteiger partial charge in [-0.05, 0) is 34.1 Å². The smallest absolute Gasteiger partial charge is 0.153 e. The predicted molar refractivity (Wildman–Crippen MR) is 77.3 cm³/mol. The van der Waals surface area contributed by atoms with Crippen molar-refractivity contribution < 1.29 is 0 Å². The molecule has 0 bridgehead atoms. The molecule has 1 heterocycles. The molecule has 0 fully saturated rings. The molecular weight excluding hydrogens is 300 g/mol. The van der Waals surface area contributed by atoms with Crippen LogP contribution in [0.2, 0.25) is 0 Å². The molecule has 0 aliphatic rings. The summed E-state index contributed by atoms with van der Waals surface area (Å²) in [5, 5.41) is 11.6. The van der Waals surface area contributed by atoms with Crippen LogP contribution in [-0.2, 0) is 7.05 Å². The number of rotatable bonds is 7. The van der Waals surface area contributed by atoms with Gasteiger partial charge >= 0.3 is 0 Å². The second-order valence-electron chi connectivity index (χ2n) is 4.43. The number of halogens is 1. The van der Waals surface area contributed by atoms with Gasteiger partial charge in [-0.1, -0.05) is 26.0 Å². The van der Waals surface area contributed by atoms with Crippen molar-refractivity contribution in [3.05, 3.63) is 10.3 Å². The maximum Gasteiger partial charge on any atom is 0.153 e. The van der Waals surface area contributed by atoms with E-state index in [1.54, 1.807) is 0 Å². The zero-order valence-electron chi connectivity index (χ0n) is 10.9. The summed E-state index contributed by atoms with van der Waals surface area (Å²) >= 11 is 5.44.